The van der Waals surface area contributed by atoms with E-state index in [9.17, 15) is 4.79 Å². The number of fused-ring (bicyclic) bond motifs is 1. The smallest absolute Gasteiger partial charge is 0.268 e. The maximum Gasteiger partial charge on any atom is 0.268 e. The maximum absolute atomic E-state index is 13.5. The SMILES string of the molecule is COc1cccc(N(C(=O)c2cccs2)C2CCN(Cc3ccc4c(c3)OCCO4)CC2)c1. The van der Waals surface area contributed by atoms with Crippen molar-refractivity contribution in [3.05, 3.63) is 70.4 Å². The molecule has 1 saturated heterocycles. The minimum absolute atomic E-state index is 0.0588. The second kappa shape index (κ2) is 9.85. The Hall–Kier alpha value is -3.03. The Morgan fingerprint density at radius 3 is 2.64 bits per heavy atom. The number of nitrogens with zero attached hydrogens (tertiary/aromatic N) is 2. The van der Waals surface area contributed by atoms with Crippen molar-refractivity contribution < 1.29 is 19.0 Å². The lowest BCUT2D eigenvalue weighted by Crippen LogP contribution is -2.47. The van der Waals surface area contributed by atoms with Crippen LogP contribution in [0.4, 0.5) is 5.69 Å². The van der Waals surface area contributed by atoms with Crippen LogP contribution in [0.15, 0.2) is 60.0 Å². The van der Waals surface area contributed by atoms with Crippen LogP contribution in [0.25, 0.3) is 0 Å². The Morgan fingerprint density at radius 2 is 1.88 bits per heavy atom. The lowest BCUT2D eigenvalue weighted by molar-refractivity contribution is 0.0962. The minimum Gasteiger partial charge on any atom is -0.497 e. The van der Waals surface area contributed by atoms with E-state index in [4.69, 9.17) is 14.2 Å². The van der Waals surface area contributed by atoms with Crippen LogP contribution < -0.4 is 19.1 Å². The van der Waals surface area contributed by atoms with E-state index in [1.165, 1.54) is 16.9 Å². The normalized spacial score (nSPS) is 16.4. The third-order valence-corrected chi connectivity index (χ3v) is 7.08. The Balaban J connectivity index is 1.29. The molecule has 3 heterocycles. The van der Waals surface area contributed by atoms with Gasteiger partial charge in [0, 0.05) is 37.4 Å². The first-order valence-electron chi connectivity index (χ1n) is 11.3. The Kier molecular flexibility index (Phi) is 6.51. The predicted molar refractivity (Wildman–Crippen MR) is 130 cm³/mol. The number of carbonyl (C=O) groups is 1. The van der Waals surface area contributed by atoms with Crippen LogP contribution >= 0.6 is 11.3 Å². The standard InChI is InChI=1S/C26H28N2O4S/c1-30-22-5-2-4-21(17-22)28(26(29)25-6-3-15-33-25)20-9-11-27(12-10-20)18-19-7-8-23-24(16-19)32-14-13-31-23/h2-8,15-17,20H,9-14,18H2,1H3. The van der Waals surface area contributed by atoms with Crippen LogP contribution in [0, 0.1) is 0 Å². The highest BCUT2D eigenvalue weighted by Gasteiger charge is 2.30. The van der Waals surface area contributed by atoms with Gasteiger partial charge in [0.1, 0.15) is 19.0 Å². The van der Waals surface area contributed by atoms with Crippen molar-refractivity contribution in [3.63, 3.8) is 0 Å². The molecule has 0 unspecified atom stereocenters. The molecule has 0 atom stereocenters. The number of ether oxygens (including phenoxy) is 3. The zero-order valence-corrected chi connectivity index (χ0v) is 19.6. The topological polar surface area (TPSA) is 51.2 Å². The summed E-state index contributed by atoms with van der Waals surface area (Å²) < 4.78 is 16.8. The van der Waals surface area contributed by atoms with Gasteiger partial charge in [0.25, 0.3) is 5.91 Å². The third-order valence-electron chi connectivity index (χ3n) is 6.22. The fraction of sp³-hybridized carbons (Fsp3) is 0.346. The molecular formula is C26H28N2O4S. The van der Waals surface area contributed by atoms with E-state index in [0.717, 1.165) is 60.3 Å². The highest BCUT2D eigenvalue weighted by molar-refractivity contribution is 7.12. The second-order valence-electron chi connectivity index (χ2n) is 8.34. The van der Waals surface area contributed by atoms with Crippen molar-refractivity contribution in [1.82, 2.24) is 4.90 Å². The maximum atomic E-state index is 13.5. The Morgan fingerprint density at radius 1 is 1.06 bits per heavy atom. The first-order chi connectivity index (χ1) is 16.2. The summed E-state index contributed by atoms with van der Waals surface area (Å²) in [4.78, 5) is 18.6. The molecular weight excluding hydrogens is 436 g/mol. The van der Waals surface area contributed by atoms with Gasteiger partial charge in [-0.1, -0.05) is 18.2 Å². The van der Waals surface area contributed by atoms with Gasteiger partial charge in [0.2, 0.25) is 0 Å². The van der Waals surface area contributed by atoms with E-state index >= 15 is 0 Å². The summed E-state index contributed by atoms with van der Waals surface area (Å²) >= 11 is 1.49. The van der Waals surface area contributed by atoms with E-state index in [2.05, 4.69) is 17.0 Å². The van der Waals surface area contributed by atoms with Gasteiger partial charge < -0.3 is 19.1 Å². The first-order valence-corrected chi connectivity index (χ1v) is 12.2. The van der Waals surface area contributed by atoms with Gasteiger partial charge in [0.05, 0.1) is 12.0 Å². The molecule has 0 N–H and O–H groups in total. The van der Waals surface area contributed by atoms with Crippen LogP contribution in [-0.4, -0.2) is 50.3 Å². The van der Waals surface area contributed by atoms with E-state index in [0.29, 0.717) is 13.2 Å². The Bertz CT molecular complexity index is 1090. The number of hydrogen-bond acceptors (Lipinski definition) is 6. The highest BCUT2D eigenvalue weighted by atomic mass is 32.1. The van der Waals surface area contributed by atoms with E-state index in [1.54, 1.807) is 7.11 Å². The summed E-state index contributed by atoms with van der Waals surface area (Å²) in [5.41, 5.74) is 2.11. The van der Waals surface area contributed by atoms with E-state index in [-0.39, 0.29) is 11.9 Å². The van der Waals surface area contributed by atoms with Gasteiger partial charge in [-0.05, 0) is 54.1 Å². The lowest BCUT2D eigenvalue weighted by atomic mass is 10.0. The lowest BCUT2D eigenvalue weighted by Gasteiger charge is -2.38. The van der Waals surface area contributed by atoms with Crippen molar-refractivity contribution in [2.75, 3.05) is 38.3 Å². The number of thiophene rings is 1. The van der Waals surface area contributed by atoms with Crippen LogP contribution in [0.5, 0.6) is 17.2 Å². The van der Waals surface area contributed by atoms with Crippen molar-refractivity contribution in [3.8, 4) is 17.2 Å². The van der Waals surface area contributed by atoms with Crippen LogP contribution in [0.3, 0.4) is 0 Å². The van der Waals surface area contributed by atoms with Gasteiger partial charge >= 0.3 is 0 Å². The molecule has 33 heavy (non-hydrogen) atoms. The number of hydrogen-bond donors (Lipinski definition) is 0. The zero-order valence-electron chi connectivity index (χ0n) is 18.7. The van der Waals surface area contributed by atoms with Crippen LogP contribution in [0.2, 0.25) is 0 Å². The number of methoxy groups -OCH3 is 1. The average Bonchev–Trinajstić information content (AvgIpc) is 3.40. The molecule has 1 fully saturated rings. The van der Waals surface area contributed by atoms with Gasteiger partial charge in [-0.2, -0.15) is 0 Å². The number of rotatable bonds is 6. The second-order valence-corrected chi connectivity index (χ2v) is 9.29. The summed E-state index contributed by atoms with van der Waals surface area (Å²) in [7, 11) is 1.65. The number of piperidine rings is 1. The number of amides is 1. The zero-order chi connectivity index (χ0) is 22.6. The van der Waals surface area contributed by atoms with Gasteiger partial charge in [-0.15, -0.1) is 11.3 Å². The highest BCUT2D eigenvalue weighted by Crippen LogP contribution is 2.33. The first kappa shape index (κ1) is 21.8. The van der Waals surface area contributed by atoms with E-state index in [1.807, 2.05) is 52.7 Å². The predicted octanol–water partition coefficient (Wildman–Crippen LogP) is 4.84. The summed E-state index contributed by atoms with van der Waals surface area (Å²) in [6.45, 7) is 3.92. The van der Waals surface area contributed by atoms with Crippen molar-refractivity contribution >= 4 is 22.9 Å². The molecule has 2 aromatic carbocycles. The molecule has 2 aliphatic rings. The summed E-state index contributed by atoms with van der Waals surface area (Å²) in [6.07, 6.45) is 1.83. The average molecular weight is 465 g/mol. The Labute approximate surface area is 198 Å². The molecule has 6 nitrogen and oxygen atoms in total. The molecule has 5 rings (SSSR count). The number of benzene rings is 2. The fourth-order valence-corrected chi connectivity index (χ4v) is 5.21. The third kappa shape index (κ3) is 4.84. The minimum atomic E-state index is 0.0588. The van der Waals surface area contributed by atoms with Gasteiger partial charge in [-0.3, -0.25) is 9.69 Å². The molecule has 0 saturated carbocycles. The molecule has 0 aliphatic carbocycles. The van der Waals surface area contributed by atoms with Gasteiger partial charge in [-0.25, -0.2) is 0 Å². The molecule has 3 aromatic rings. The molecule has 2 aliphatic heterocycles. The summed E-state index contributed by atoms with van der Waals surface area (Å²) in [5, 5.41) is 1.95. The van der Waals surface area contributed by atoms with Crippen LogP contribution in [0.1, 0.15) is 28.1 Å². The fourth-order valence-electron chi connectivity index (χ4n) is 4.55. The van der Waals surface area contributed by atoms with Crippen LogP contribution in [-0.2, 0) is 6.54 Å². The molecule has 7 heteroatoms. The molecule has 172 valence electrons. The number of carbonyl (C=O) groups excluding carboxylic acids is 1. The van der Waals surface area contributed by atoms with Gasteiger partial charge in [0.15, 0.2) is 11.5 Å². The molecule has 0 spiro atoms. The summed E-state index contributed by atoms with van der Waals surface area (Å²) in [5.74, 6) is 2.47. The van der Waals surface area contributed by atoms with Crippen molar-refractivity contribution in [2.24, 2.45) is 0 Å². The van der Waals surface area contributed by atoms with E-state index < -0.39 is 0 Å². The number of likely N-dealkylation sites (tertiary alicyclic amines) is 1. The van der Waals surface area contributed by atoms with Crippen molar-refractivity contribution in [2.45, 2.75) is 25.4 Å². The molecule has 0 bridgehead atoms. The summed E-state index contributed by atoms with van der Waals surface area (Å²) in [6, 6.07) is 18.0. The quantitative estimate of drug-likeness (QED) is 0.523. The molecule has 1 aromatic heterocycles. The molecule has 0 radical (unpaired) electrons. The monoisotopic (exact) mass is 464 g/mol. The number of anilines is 1. The van der Waals surface area contributed by atoms with Crippen molar-refractivity contribution in [1.29, 1.82) is 0 Å². The molecule has 1 amide bonds. The largest absolute Gasteiger partial charge is 0.497 e.